The predicted molar refractivity (Wildman–Crippen MR) is 79.3 cm³/mol. The molecular formula is C15H14ClNO3. The van der Waals surface area contributed by atoms with Gasteiger partial charge in [-0.25, -0.2) is 4.79 Å². The van der Waals surface area contributed by atoms with E-state index in [0.717, 1.165) is 5.69 Å². The molecule has 0 aliphatic rings. The van der Waals surface area contributed by atoms with Crippen LogP contribution >= 0.6 is 11.6 Å². The molecule has 0 amide bonds. The molecule has 0 aliphatic carbocycles. The first-order valence-corrected chi connectivity index (χ1v) is 6.33. The summed E-state index contributed by atoms with van der Waals surface area (Å²) >= 11 is 5.90. The summed E-state index contributed by atoms with van der Waals surface area (Å²) in [7, 11) is 3.88. The fourth-order valence-corrected chi connectivity index (χ4v) is 1.95. The summed E-state index contributed by atoms with van der Waals surface area (Å²) in [5.41, 5.74) is 1.07. The van der Waals surface area contributed by atoms with Gasteiger partial charge in [0.1, 0.15) is 11.5 Å². The summed E-state index contributed by atoms with van der Waals surface area (Å²) in [5, 5.41) is 9.06. The minimum absolute atomic E-state index is 0.0565. The van der Waals surface area contributed by atoms with E-state index in [1.807, 2.05) is 43.3 Å². The van der Waals surface area contributed by atoms with Crippen molar-refractivity contribution < 1.29 is 14.6 Å². The fraction of sp³-hybridized carbons (Fsp3) is 0.133. The van der Waals surface area contributed by atoms with Crippen LogP contribution in [0.5, 0.6) is 11.5 Å². The number of carbonyl (C=O) groups is 1. The molecule has 0 atom stereocenters. The number of benzene rings is 2. The number of carboxylic acid groups (broad SMARTS) is 1. The Morgan fingerprint density at radius 3 is 2.45 bits per heavy atom. The maximum atomic E-state index is 10.9. The minimum atomic E-state index is -1.06. The Labute approximate surface area is 122 Å². The van der Waals surface area contributed by atoms with Crippen molar-refractivity contribution in [2.24, 2.45) is 0 Å². The molecule has 0 aliphatic heterocycles. The zero-order valence-corrected chi connectivity index (χ0v) is 11.9. The first-order chi connectivity index (χ1) is 9.47. The fourth-order valence-electron chi connectivity index (χ4n) is 1.69. The molecule has 1 N–H and O–H groups in total. The van der Waals surface area contributed by atoms with Crippen molar-refractivity contribution in [2.75, 3.05) is 19.0 Å². The zero-order chi connectivity index (χ0) is 14.7. The molecule has 0 saturated carbocycles. The first kappa shape index (κ1) is 14.2. The molecule has 104 valence electrons. The van der Waals surface area contributed by atoms with Crippen LogP contribution in [-0.4, -0.2) is 25.2 Å². The van der Waals surface area contributed by atoms with Crippen molar-refractivity contribution in [3.63, 3.8) is 0 Å². The lowest BCUT2D eigenvalue weighted by Crippen LogP contribution is -2.08. The SMILES string of the molecule is CN(C)c1cccc(Oc2ccc(C(=O)O)c(Cl)c2)c1. The van der Waals surface area contributed by atoms with Crippen LogP contribution < -0.4 is 9.64 Å². The van der Waals surface area contributed by atoms with Gasteiger partial charge in [0.25, 0.3) is 0 Å². The van der Waals surface area contributed by atoms with Gasteiger partial charge in [0.05, 0.1) is 10.6 Å². The molecule has 0 fully saturated rings. The van der Waals surface area contributed by atoms with Gasteiger partial charge in [-0.1, -0.05) is 17.7 Å². The Morgan fingerprint density at radius 1 is 1.15 bits per heavy atom. The first-order valence-electron chi connectivity index (χ1n) is 5.95. The van der Waals surface area contributed by atoms with Gasteiger partial charge in [-0.2, -0.15) is 0 Å². The molecular weight excluding hydrogens is 278 g/mol. The van der Waals surface area contributed by atoms with Gasteiger partial charge in [0.2, 0.25) is 0 Å². The number of aromatic carboxylic acids is 1. The average Bonchev–Trinajstić information content (AvgIpc) is 2.38. The highest BCUT2D eigenvalue weighted by Crippen LogP contribution is 2.28. The Balaban J connectivity index is 2.24. The number of hydrogen-bond acceptors (Lipinski definition) is 3. The van der Waals surface area contributed by atoms with Crippen LogP contribution in [0.25, 0.3) is 0 Å². The topological polar surface area (TPSA) is 49.8 Å². The predicted octanol–water partition coefficient (Wildman–Crippen LogP) is 3.90. The van der Waals surface area contributed by atoms with Gasteiger partial charge < -0.3 is 14.7 Å². The molecule has 0 aromatic heterocycles. The van der Waals surface area contributed by atoms with Crippen LogP contribution in [0.2, 0.25) is 5.02 Å². The minimum Gasteiger partial charge on any atom is -0.478 e. The van der Waals surface area contributed by atoms with Gasteiger partial charge >= 0.3 is 5.97 Å². The van der Waals surface area contributed by atoms with Crippen molar-refractivity contribution in [1.29, 1.82) is 0 Å². The van der Waals surface area contributed by atoms with Gasteiger partial charge in [-0.15, -0.1) is 0 Å². The van der Waals surface area contributed by atoms with Crippen molar-refractivity contribution >= 4 is 23.3 Å². The number of carboxylic acids is 1. The van der Waals surface area contributed by atoms with Gasteiger partial charge in [-0.3, -0.25) is 0 Å². The number of rotatable bonds is 4. The van der Waals surface area contributed by atoms with Crippen molar-refractivity contribution in [1.82, 2.24) is 0 Å². The molecule has 2 aromatic rings. The summed E-state index contributed by atoms with van der Waals surface area (Å²) in [5.74, 6) is 0.0994. The van der Waals surface area contributed by atoms with E-state index >= 15 is 0 Å². The van der Waals surface area contributed by atoms with Gasteiger partial charge in [0, 0.05) is 31.9 Å². The summed E-state index contributed by atoms with van der Waals surface area (Å²) in [6.45, 7) is 0. The van der Waals surface area contributed by atoms with E-state index in [4.69, 9.17) is 21.4 Å². The van der Waals surface area contributed by atoms with Crippen LogP contribution in [0.1, 0.15) is 10.4 Å². The molecule has 0 heterocycles. The van der Waals surface area contributed by atoms with E-state index in [-0.39, 0.29) is 10.6 Å². The Morgan fingerprint density at radius 2 is 1.85 bits per heavy atom. The highest BCUT2D eigenvalue weighted by molar-refractivity contribution is 6.33. The monoisotopic (exact) mass is 291 g/mol. The van der Waals surface area contributed by atoms with Crippen LogP contribution in [-0.2, 0) is 0 Å². The smallest absolute Gasteiger partial charge is 0.337 e. The quantitative estimate of drug-likeness (QED) is 0.928. The highest BCUT2D eigenvalue weighted by atomic mass is 35.5. The van der Waals surface area contributed by atoms with E-state index in [0.29, 0.717) is 11.5 Å². The van der Waals surface area contributed by atoms with Crippen LogP contribution in [0.15, 0.2) is 42.5 Å². The second-order valence-corrected chi connectivity index (χ2v) is 4.85. The maximum absolute atomic E-state index is 10.9. The third-order valence-corrected chi connectivity index (χ3v) is 3.05. The molecule has 0 saturated heterocycles. The molecule has 4 nitrogen and oxygen atoms in total. The highest BCUT2D eigenvalue weighted by Gasteiger charge is 2.10. The lowest BCUT2D eigenvalue weighted by molar-refractivity contribution is 0.0697. The summed E-state index contributed by atoms with van der Waals surface area (Å²) < 4.78 is 5.68. The number of ether oxygens (including phenoxy) is 1. The lowest BCUT2D eigenvalue weighted by Gasteiger charge is -2.14. The van der Waals surface area contributed by atoms with Gasteiger partial charge in [-0.05, 0) is 24.3 Å². The third kappa shape index (κ3) is 3.22. The van der Waals surface area contributed by atoms with Crippen molar-refractivity contribution in [3.05, 3.63) is 53.1 Å². The number of nitrogens with zero attached hydrogens (tertiary/aromatic N) is 1. The zero-order valence-electron chi connectivity index (χ0n) is 11.1. The van der Waals surface area contributed by atoms with E-state index < -0.39 is 5.97 Å². The molecule has 0 radical (unpaired) electrons. The summed E-state index contributed by atoms with van der Waals surface area (Å²) in [6.07, 6.45) is 0. The van der Waals surface area contributed by atoms with E-state index in [1.54, 1.807) is 6.07 Å². The van der Waals surface area contributed by atoms with Crippen LogP contribution in [0, 0.1) is 0 Å². The normalized spacial score (nSPS) is 10.2. The van der Waals surface area contributed by atoms with E-state index in [2.05, 4.69) is 0 Å². The lowest BCUT2D eigenvalue weighted by atomic mass is 10.2. The number of hydrogen-bond donors (Lipinski definition) is 1. The third-order valence-electron chi connectivity index (χ3n) is 2.74. The second kappa shape index (κ2) is 5.84. The summed E-state index contributed by atoms with van der Waals surface area (Å²) in [6, 6.07) is 12.1. The number of anilines is 1. The molecule has 0 spiro atoms. The van der Waals surface area contributed by atoms with E-state index in [9.17, 15) is 4.79 Å². The molecule has 5 heteroatoms. The molecule has 2 rings (SSSR count). The molecule has 20 heavy (non-hydrogen) atoms. The van der Waals surface area contributed by atoms with Crippen molar-refractivity contribution in [3.8, 4) is 11.5 Å². The van der Waals surface area contributed by atoms with E-state index in [1.165, 1.54) is 12.1 Å². The average molecular weight is 292 g/mol. The summed E-state index contributed by atoms with van der Waals surface area (Å²) in [4.78, 5) is 12.8. The Hall–Kier alpha value is -2.20. The molecule has 0 unspecified atom stereocenters. The number of halogens is 1. The Kier molecular flexibility index (Phi) is 4.15. The van der Waals surface area contributed by atoms with Crippen molar-refractivity contribution in [2.45, 2.75) is 0 Å². The maximum Gasteiger partial charge on any atom is 0.337 e. The largest absolute Gasteiger partial charge is 0.478 e. The van der Waals surface area contributed by atoms with Crippen LogP contribution in [0.3, 0.4) is 0 Å². The Bertz CT molecular complexity index is 641. The van der Waals surface area contributed by atoms with Gasteiger partial charge in [0.15, 0.2) is 0 Å². The second-order valence-electron chi connectivity index (χ2n) is 4.44. The standard InChI is InChI=1S/C15H14ClNO3/c1-17(2)10-4-3-5-11(8-10)20-12-6-7-13(15(18)19)14(16)9-12/h3-9H,1-2H3,(H,18,19). The van der Waals surface area contributed by atoms with Crippen LogP contribution in [0.4, 0.5) is 5.69 Å². The molecule has 2 aromatic carbocycles. The molecule has 0 bridgehead atoms.